The number of thioether (sulfide) groups is 1. The predicted octanol–water partition coefficient (Wildman–Crippen LogP) is 7.58. The number of nitrogens with one attached hydrogen (secondary N) is 1. The van der Waals surface area contributed by atoms with Gasteiger partial charge in [0.05, 0.1) is 17.6 Å². The molecule has 0 radical (unpaired) electrons. The number of aliphatic imine (C=N–C) groups is 1. The molecule has 238 valence electrons. The Morgan fingerprint density at radius 3 is 2.43 bits per heavy atom. The number of anilines is 1. The first-order chi connectivity index (χ1) is 21.7. The summed E-state index contributed by atoms with van der Waals surface area (Å²) in [5, 5.41) is 8.33. The zero-order valence-electron chi connectivity index (χ0n) is 24.3. The van der Waals surface area contributed by atoms with Gasteiger partial charge in [0.1, 0.15) is 12.1 Å². The second kappa shape index (κ2) is 13.1. The number of aromatic nitrogens is 3. The van der Waals surface area contributed by atoms with Gasteiger partial charge in [0.25, 0.3) is 5.91 Å². The van der Waals surface area contributed by atoms with E-state index in [-0.39, 0.29) is 16.8 Å². The van der Waals surface area contributed by atoms with Crippen LogP contribution in [-0.4, -0.2) is 48.1 Å². The van der Waals surface area contributed by atoms with Crippen LogP contribution in [0.2, 0.25) is 0 Å². The van der Waals surface area contributed by atoms with E-state index in [0.29, 0.717) is 28.3 Å². The van der Waals surface area contributed by atoms with Crippen LogP contribution in [0.25, 0.3) is 17.1 Å². The third-order valence-electron chi connectivity index (χ3n) is 6.48. The molecule has 3 aromatic carbocycles. The van der Waals surface area contributed by atoms with Gasteiger partial charge in [0.2, 0.25) is 3.67 Å². The number of hydrogen-bond acceptors (Lipinski definition) is 7. The molecule has 3 amide bonds. The van der Waals surface area contributed by atoms with Gasteiger partial charge < -0.3 is 4.74 Å². The van der Waals surface area contributed by atoms with E-state index >= 15 is 0 Å². The number of carbonyl (C=O) groups is 2. The van der Waals surface area contributed by atoms with E-state index < -0.39 is 22.0 Å². The molecule has 0 spiro atoms. The molecule has 5 rings (SSSR count). The average molecular weight is 691 g/mol. The lowest BCUT2D eigenvalue weighted by molar-refractivity contribution is -0.274. The summed E-state index contributed by atoms with van der Waals surface area (Å²) in [4.78, 5) is 35.3. The molecule has 10 nitrogen and oxygen atoms in total. The normalized spacial score (nSPS) is 15.7. The molecule has 1 aliphatic heterocycles. The highest BCUT2D eigenvalue weighted by Gasteiger charge is 2.51. The van der Waals surface area contributed by atoms with Crippen molar-refractivity contribution in [3.05, 3.63) is 89.7 Å². The zero-order valence-corrected chi connectivity index (χ0v) is 26.6. The summed E-state index contributed by atoms with van der Waals surface area (Å²) in [5.74, 6) is -0.535. The predicted molar refractivity (Wildman–Crippen MR) is 172 cm³/mol. The van der Waals surface area contributed by atoms with Crippen molar-refractivity contribution in [2.24, 2.45) is 10.1 Å². The Bertz CT molecular complexity index is 1830. The van der Waals surface area contributed by atoms with Gasteiger partial charge in [-0.25, -0.2) is 19.9 Å². The number of nitrogens with zero attached hydrogens (tertiary/aromatic N) is 6. The lowest BCUT2D eigenvalue weighted by Crippen LogP contribution is -2.35. The van der Waals surface area contributed by atoms with E-state index in [0.717, 1.165) is 22.9 Å². The number of aryl methyl sites for hydroxylation is 1. The first-order valence-electron chi connectivity index (χ1n) is 13.5. The van der Waals surface area contributed by atoms with E-state index in [4.69, 9.17) is 23.2 Å². The fourth-order valence-corrected chi connectivity index (χ4v) is 5.75. The molecule has 0 unspecified atom stereocenters. The number of hydrazone groups is 1. The van der Waals surface area contributed by atoms with Crippen molar-refractivity contribution in [3.8, 4) is 22.8 Å². The van der Waals surface area contributed by atoms with Gasteiger partial charge in [-0.3, -0.25) is 9.69 Å². The number of hydrogen-bond donors (Lipinski definition) is 1. The average Bonchev–Trinajstić information content (AvgIpc) is 3.55. The summed E-state index contributed by atoms with van der Waals surface area (Å²) in [5.41, 5.74) is 6.39. The van der Waals surface area contributed by atoms with E-state index in [1.165, 1.54) is 46.4 Å². The van der Waals surface area contributed by atoms with Crippen LogP contribution in [0.3, 0.4) is 0 Å². The molecule has 0 atom stereocenters. The second-order valence-corrected chi connectivity index (χ2v) is 13.2. The van der Waals surface area contributed by atoms with E-state index in [2.05, 4.69) is 30.3 Å². The number of rotatable bonds is 7. The van der Waals surface area contributed by atoms with Crippen molar-refractivity contribution in [2.45, 2.75) is 36.7 Å². The molecule has 4 aromatic rings. The van der Waals surface area contributed by atoms with E-state index in [9.17, 15) is 22.8 Å². The van der Waals surface area contributed by atoms with E-state index in [1.807, 2.05) is 39.0 Å². The molecule has 46 heavy (non-hydrogen) atoms. The number of urea groups is 1. The van der Waals surface area contributed by atoms with Crippen LogP contribution in [0.15, 0.2) is 83.2 Å². The Balaban J connectivity index is 1.25. The van der Waals surface area contributed by atoms with Crippen molar-refractivity contribution in [1.29, 1.82) is 0 Å². The third-order valence-corrected chi connectivity index (χ3v) is 8.15. The lowest BCUT2D eigenvalue weighted by atomic mass is 9.99. The Morgan fingerprint density at radius 2 is 1.78 bits per heavy atom. The lowest BCUT2D eigenvalue weighted by Gasteiger charge is -2.22. The monoisotopic (exact) mass is 689 g/mol. The molecular formula is C30H24Cl2F3N7O3S. The highest BCUT2D eigenvalue weighted by molar-refractivity contribution is 8.19. The van der Waals surface area contributed by atoms with Crippen LogP contribution in [0.1, 0.15) is 36.5 Å². The van der Waals surface area contributed by atoms with Crippen LogP contribution >= 0.6 is 35.0 Å². The summed E-state index contributed by atoms with van der Waals surface area (Å²) in [6.07, 6.45) is -1.95. The number of benzene rings is 3. The summed E-state index contributed by atoms with van der Waals surface area (Å²) in [7, 11) is 0. The van der Waals surface area contributed by atoms with E-state index in [1.54, 1.807) is 24.3 Å². The Labute approximate surface area is 275 Å². The van der Waals surface area contributed by atoms with Gasteiger partial charge in [0, 0.05) is 5.56 Å². The molecule has 1 fully saturated rings. The van der Waals surface area contributed by atoms with Crippen molar-refractivity contribution < 1.29 is 27.5 Å². The van der Waals surface area contributed by atoms with Crippen LogP contribution in [-0.2, 0) is 4.79 Å². The Hall–Kier alpha value is -4.40. The van der Waals surface area contributed by atoms with Gasteiger partial charge in [-0.15, -0.1) is 18.3 Å². The number of amides is 3. The van der Waals surface area contributed by atoms with Crippen LogP contribution in [0.5, 0.6) is 5.75 Å². The summed E-state index contributed by atoms with van der Waals surface area (Å²) in [6.45, 7) is 5.84. The molecule has 1 saturated heterocycles. The maximum atomic E-state index is 13.1. The van der Waals surface area contributed by atoms with Crippen LogP contribution < -0.4 is 15.1 Å². The summed E-state index contributed by atoms with van der Waals surface area (Å²) in [6, 6.07) is 16.9. The Kier molecular flexibility index (Phi) is 9.42. The number of ether oxygens (including phenoxy) is 1. The maximum Gasteiger partial charge on any atom is 0.573 e. The summed E-state index contributed by atoms with van der Waals surface area (Å²) < 4.78 is 40.7. The largest absolute Gasteiger partial charge is 0.573 e. The maximum absolute atomic E-state index is 13.1. The number of alkyl halides is 5. The van der Waals surface area contributed by atoms with Gasteiger partial charge in [-0.05, 0) is 71.6 Å². The molecule has 0 aliphatic carbocycles. The van der Waals surface area contributed by atoms with Crippen LogP contribution in [0, 0.1) is 6.92 Å². The fraction of sp³-hybridized carbons (Fsp3) is 0.200. The van der Waals surface area contributed by atoms with Crippen molar-refractivity contribution in [2.75, 3.05) is 4.90 Å². The summed E-state index contributed by atoms with van der Waals surface area (Å²) >= 11 is 13.3. The zero-order chi connectivity index (χ0) is 33.2. The molecule has 1 aromatic heterocycles. The first-order valence-corrected chi connectivity index (χ1v) is 15.1. The SMILES string of the molecule is Cc1ccc(C(C)C)c(N2C(=O)C(Cl)(Cl)S/C2=N\C(=O)N/N=C/c2ccc(-c3ncn(-c4ccc(OC(F)(F)F)cc4)n3)cc2)c1. The molecule has 1 aliphatic rings. The quantitative estimate of drug-likeness (QED) is 0.122. The standard InChI is InChI=1S/C30H24Cl2F3N7O3S/c1-17(2)23-13-4-18(3)14-24(23)42-26(43)29(31,32)46-28(42)38-27(44)39-37-15-19-5-7-20(8-6-19)25-36-16-41(40-25)21-9-11-22(12-10-21)45-30(33,34)35/h4-17H,1-3H3,(H,39,44)/b37-15+,38-28-. The van der Waals surface area contributed by atoms with Crippen LogP contribution in [0.4, 0.5) is 23.7 Å². The number of amidine groups is 1. The smallest absolute Gasteiger partial charge is 0.406 e. The molecule has 2 heterocycles. The number of halogens is 5. The highest BCUT2D eigenvalue weighted by Crippen LogP contribution is 2.47. The van der Waals surface area contributed by atoms with Crippen molar-refractivity contribution in [1.82, 2.24) is 20.2 Å². The molecular weight excluding hydrogens is 666 g/mol. The van der Waals surface area contributed by atoms with Gasteiger partial charge in [-0.1, -0.05) is 73.4 Å². The minimum Gasteiger partial charge on any atom is -0.406 e. The molecule has 0 saturated carbocycles. The molecule has 0 bridgehead atoms. The third kappa shape index (κ3) is 7.69. The minimum absolute atomic E-state index is 0.0112. The van der Waals surface area contributed by atoms with Gasteiger partial charge >= 0.3 is 12.4 Å². The first kappa shape index (κ1) is 33.0. The van der Waals surface area contributed by atoms with Crippen molar-refractivity contribution >= 4 is 64.0 Å². The molecule has 1 N–H and O–H groups in total. The van der Waals surface area contributed by atoms with Gasteiger partial charge in [-0.2, -0.15) is 10.1 Å². The van der Waals surface area contributed by atoms with Crippen molar-refractivity contribution in [3.63, 3.8) is 0 Å². The fourth-order valence-electron chi connectivity index (χ4n) is 4.35. The molecule has 16 heteroatoms. The van der Waals surface area contributed by atoms with Gasteiger partial charge in [0.15, 0.2) is 11.0 Å². The minimum atomic E-state index is -4.78. The Morgan fingerprint density at radius 1 is 1.09 bits per heavy atom. The topological polar surface area (TPSA) is 114 Å². The number of carbonyl (C=O) groups excluding carboxylic acids is 2. The second-order valence-electron chi connectivity index (χ2n) is 10.2. The highest BCUT2D eigenvalue weighted by atomic mass is 35.5.